The third kappa shape index (κ3) is 3.99. The summed E-state index contributed by atoms with van der Waals surface area (Å²) in [6.45, 7) is 2.56. The maximum atomic E-state index is 11.4. The van der Waals surface area contributed by atoms with Gasteiger partial charge in [-0.1, -0.05) is 0 Å². The van der Waals surface area contributed by atoms with Crippen LogP contribution in [0.2, 0.25) is 0 Å². The second-order valence-electron chi connectivity index (χ2n) is 3.89. The van der Waals surface area contributed by atoms with Crippen molar-refractivity contribution in [1.29, 1.82) is 0 Å². The Morgan fingerprint density at radius 3 is 2.22 bits per heavy atom. The largest absolute Gasteiger partial charge is 0.467 e. The highest BCUT2D eigenvalue weighted by atomic mass is 16.6. The van der Waals surface area contributed by atoms with Crippen LogP contribution in [0.25, 0.3) is 0 Å². The van der Waals surface area contributed by atoms with E-state index in [1.807, 2.05) is 0 Å². The molecule has 0 radical (unpaired) electrons. The lowest BCUT2D eigenvalue weighted by atomic mass is 10.0. The van der Waals surface area contributed by atoms with E-state index in [0.29, 0.717) is 0 Å². The predicted molar refractivity (Wildman–Crippen MR) is 57.5 cm³/mol. The van der Waals surface area contributed by atoms with Crippen LogP contribution >= 0.6 is 0 Å². The Morgan fingerprint density at radius 2 is 1.72 bits per heavy atom. The summed E-state index contributed by atoms with van der Waals surface area (Å²) in [6, 6.07) is 0. The Bertz CT molecular complexity index is 338. The number of hydrogen-bond donors (Lipinski definition) is 0. The Balaban J connectivity index is 2.69. The highest BCUT2D eigenvalue weighted by molar-refractivity contribution is 5.76. The van der Waals surface area contributed by atoms with Crippen molar-refractivity contribution >= 4 is 17.9 Å². The smallest absolute Gasteiger partial charge is 0.338 e. The average molecular weight is 260 g/mol. The van der Waals surface area contributed by atoms with Crippen LogP contribution in [-0.2, 0) is 33.3 Å². The number of carbonyl (C=O) groups excluding carboxylic acids is 3. The lowest BCUT2D eigenvalue weighted by Gasteiger charge is -2.33. The van der Waals surface area contributed by atoms with E-state index in [0.717, 1.165) is 0 Å². The molecule has 1 rings (SSSR count). The fourth-order valence-corrected chi connectivity index (χ4v) is 1.74. The zero-order valence-electron chi connectivity index (χ0n) is 10.5. The van der Waals surface area contributed by atoms with Crippen molar-refractivity contribution in [2.24, 2.45) is 0 Å². The van der Waals surface area contributed by atoms with Gasteiger partial charge in [-0.15, -0.1) is 0 Å². The molecule has 0 N–H and O–H groups in total. The van der Waals surface area contributed by atoms with Gasteiger partial charge in [-0.3, -0.25) is 9.59 Å². The Morgan fingerprint density at radius 1 is 1.11 bits per heavy atom. The van der Waals surface area contributed by atoms with E-state index in [-0.39, 0.29) is 13.0 Å². The molecule has 1 saturated heterocycles. The molecule has 0 bridgehead atoms. The molecule has 18 heavy (non-hydrogen) atoms. The van der Waals surface area contributed by atoms with Crippen molar-refractivity contribution in [1.82, 2.24) is 0 Å². The molecule has 1 heterocycles. The third-order valence-corrected chi connectivity index (χ3v) is 2.38. The minimum absolute atomic E-state index is 0.0666. The first-order chi connectivity index (χ1) is 8.43. The first-order valence-corrected chi connectivity index (χ1v) is 5.48. The molecule has 7 heteroatoms. The topological polar surface area (TPSA) is 88.1 Å². The molecule has 1 fully saturated rings. The molecular formula is C11H16O7. The van der Waals surface area contributed by atoms with Gasteiger partial charge in [0.2, 0.25) is 0 Å². The van der Waals surface area contributed by atoms with Gasteiger partial charge in [0.15, 0.2) is 6.10 Å². The summed E-state index contributed by atoms with van der Waals surface area (Å²) in [4.78, 5) is 33.2. The summed E-state index contributed by atoms with van der Waals surface area (Å²) in [5.41, 5.74) is 0. The van der Waals surface area contributed by atoms with Crippen molar-refractivity contribution in [3.8, 4) is 0 Å². The van der Waals surface area contributed by atoms with Crippen LogP contribution in [0.5, 0.6) is 0 Å². The second kappa shape index (κ2) is 6.34. The number of methoxy groups -OCH3 is 1. The zero-order chi connectivity index (χ0) is 13.7. The minimum Gasteiger partial charge on any atom is -0.467 e. The van der Waals surface area contributed by atoms with E-state index >= 15 is 0 Å². The number of esters is 3. The SMILES string of the molecule is COC(=O)C1OCC(OC(C)=O)C[C@@H]1OC(C)=O. The third-order valence-electron chi connectivity index (χ3n) is 2.38. The van der Waals surface area contributed by atoms with Crippen molar-refractivity contribution in [2.45, 2.75) is 38.6 Å². The van der Waals surface area contributed by atoms with Crippen molar-refractivity contribution < 1.29 is 33.3 Å². The van der Waals surface area contributed by atoms with E-state index in [2.05, 4.69) is 4.74 Å². The molecule has 0 saturated carbocycles. The summed E-state index contributed by atoms with van der Waals surface area (Å²) in [5, 5.41) is 0. The maximum Gasteiger partial charge on any atom is 0.338 e. The van der Waals surface area contributed by atoms with Gasteiger partial charge in [-0.25, -0.2) is 4.79 Å². The fourth-order valence-electron chi connectivity index (χ4n) is 1.74. The van der Waals surface area contributed by atoms with Crippen molar-refractivity contribution in [3.05, 3.63) is 0 Å². The molecular weight excluding hydrogens is 244 g/mol. The predicted octanol–water partition coefficient (Wildman–Crippen LogP) is -0.188. The van der Waals surface area contributed by atoms with Crippen LogP contribution in [0.3, 0.4) is 0 Å². The first kappa shape index (κ1) is 14.4. The van der Waals surface area contributed by atoms with Crippen LogP contribution < -0.4 is 0 Å². The molecule has 3 atom stereocenters. The molecule has 0 aromatic heterocycles. The molecule has 0 aliphatic carbocycles. The van der Waals surface area contributed by atoms with Crippen LogP contribution in [0, 0.1) is 0 Å². The molecule has 1 aliphatic rings. The average Bonchev–Trinajstić information content (AvgIpc) is 2.26. The molecule has 102 valence electrons. The minimum atomic E-state index is -0.981. The van der Waals surface area contributed by atoms with E-state index in [4.69, 9.17) is 14.2 Å². The van der Waals surface area contributed by atoms with Gasteiger partial charge in [0.25, 0.3) is 0 Å². The lowest BCUT2D eigenvalue weighted by molar-refractivity contribution is -0.193. The number of rotatable bonds is 3. The van der Waals surface area contributed by atoms with E-state index in [1.54, 1.807) is 0 Å². The van der Waals surface area contributed by atoms with Crippen LogP contribution in [0.15, 0.2) is 0 Å². The van der Waals surface area contributed by atoms with Gasteiger partial charge in [0, 0.05) is 20.3 Å². The first-order valence-electron chi connectivity index (χ1n) is 5.48. The summed E-state index contributed by atoms with van der Waals surface area (Å²) in [5.74, 6) is -1.62. The van der Waals surface area contributed by atoms with E-state index < -0.39 is 36.2 Å². The lowest BCUT2D eigenvalue weighted by Crippen LogP contribution is -2.49. The highest BCUT2D eigenvalue weighted by Crippen LogP contribution is 2.21. The normalized spacial score (nSPS) is 27.2. The molecule has 0 spiro atoms. The molecule has 1 aliphatic heterocycles. The number of hydrogen-bond acceptors (Lipinski definition) is 7. The fraction of sp³-hybridized carbons (Fsp3) is 0.727. The second-order valence-corrected chi connectivity index (χ2v) is 3.89. The van der Waals surface area contributed by atoms with Gasteiger partial charge in [-0.2, -0.15) is 0 Å². The summed E-state index contributed by atoms with van der Waals surface area (Å²) >= 11 is 0. The van der Waals surface area contributed by atoms with Crippen LogP contribution in [0.4, 0.5) is 0 Å². The Hall–Kier alpha value is -1.63. The molecule has 0 aromatic carbocycles. The van der Waals surface area contributed by atoms with Gasteiger partial charge in [0.05, 0.1) is 13.7 Å². The summed E-state index contributed by atoms with van der Waals surface area (Å²) < 4.78 is 19.7. The van der Waals surface area contributed by atoms with Crippen LogP contribution in [0.1, 0.15) is 20.3 Å². The zero-order valence-corrected chi connectivity index (χ0v) is 10.5. The van der Waals surface area contributed by atoms with Gasteiger partial charge >= 0.3 is 17.9 Å². The van der Waals surface area contributed by atoms with Crippen molar-refractivity contribution in [2.75, 3.05) is 13.7 Å². The van der Waals surface area contributed by atoms with Crippen molar-refractivity contribution in [3.63, 3.8) is 0 Å². The Kier molecular flexibility index (Phi) is 5.08. The monoisotopic (exact) mass is 260 g/mol. The number of carbonyl (C=O) groups is 3. The molecule has 7 nitrogen and oxygen atoms in total. The van der Waals surface area contributed by atoms with E-state index in [9.17, 15) is 14.4 Å². The molecule has 2 unspecified atom stereocenters. The quantitative estimate of drug-likeness (QED) is 0.513. The highest BCUT2D eigenvalue weighted by Gasteiger charge is 2.40. The maximum absolute atomic E-state index is 11.4. The van der Waals surface area contributed by atoms with Gasteiger partial charge in [0.1, 0.15) is 12.2 Å². The molecule has 0 amide bonds. The van der Waals surface area contributed by atoms with Gasteiger partial charge in [-0.05, 0) is 0 Å². The number of ether oxygens (including phenoxy) is 4. The standard InChI is InChI=1S/C11H16O7/c1-6(12)17-8-4-9(18-7(2)13)10(16-5-8)11(14)15-3/h8-10H,4-5H2,1-3H3/t8?,9-,10?/m0/s1. The van der Waals surface area contributed by atoms with Gasteiger partial charge < -0.3 is 18.9 Å². The van der Waals surface area contributed by atoms with E-state index in [1.165, 1.54) is 21.0 Å². The summed E-state index contributed by atoms with van der Waals surface area (Å²) in [7, 11) is 1.22. The Labute approximate surface area is 104 Å². The molecule has 0 aromatic rings. The van der Waals surface area contributed by atoms with Crippen LogP contribution in [-0.4, -0.2) is 49.9 Å². The summed E-state index contributed by atoms with van der Waals surface area (Å²) in [6.07, 6.45) is -2.12.